The molecule has 3 rings (SSSR count). The quantitative estimate of drug-likeness (QED) is 0.648. The van der Waals surface area contributed by atoms with E-state index in [0.29, 0.717) is 29.9 Å². The van der Waals surface area contributed by atoms with Crippen LogP contribution in [0.25, 0.3) is 0 Å². The number of thiophene rings is 1. The maximum absolute atomic E-state index is 13.2. The normalized spacial score (nSPS) is 18.0. The lowest BCUT2D eigenvalue weighted by atomic mass is 10.2. The minimum atomic E-state index is -3.64. The van der Waals surface area contributed by atoms with Crippen LogP contribution in [0.1, 0.15) is 17.7 Å². The van der Waals surface area contributed by atoms with Crippen LogP contribution in [0, 0.1) is 0 Å². The van der Waals surface area contributed by atoms with Crippen molar-refractivity contribution in [3.63, 3.8) is 0 Å². The van der Waals surface area contributed by atoms with Gasteiger partial charge in [0.05, 0.1) is 22.6 Å². The van der Waals surface area contributed by atoms with Crippen LogP contribution < -0.4 is 4.74 Å². The van der Waals surface area contributed by atoms with Crippen molar-refractivity contribution in [2.75, 3.05) is 20.3 Å². The highest BCUT2D eigenvalue weighted by atomic mass is 79.9. The third kappa shape index (κ3) is 4.43. The fourth-order valence-electron chi connectivity index (χ4n) is 2.80. The first-order valence-corrected chi connectivity index (χ1v) is 11.1. The molecule has 1 unspecified atom stereocenters. The zero-order valence-electron chi connectivity index (χ0n) is 13.9. The van der Waals surface area contributed by atoms with Gasteiger partial charge < -0.3 is 9.47 Å². The molecule has 1 aliphatic heterocycles. The molecule has 0 N–H and O–H groups in total. The molecule has 0 bridgehead atoms. The average Bonchev–Trinajstić information content (AvgIpc) is 3.28. The molecule has 0 amide bonds. The molecule has 1 aliphatic rings. The van der Waals surface area contributed by atoms with Crippen LogP contribution in [0.15, 0.2) is 45.1 Å². The number of rotatable bonds is 7. The Labute approximate surface area is 160 Å². The van der Waals surface area contributed by atoms with Crippen molar-refractivity contribution >= 4 is 37.3 Å². The van der Waals surface area contributed by atoms with E-state index >= 15 is 0 Å². The van der Waals surface area contributed by atoms with Gasteiger partial charge >= 0.3 is 0 Å². The van der Waals surface area contributed by atoms with E-state index in [-0.39, 0.29) is 11.0 Å². The molecule has 1 aromatic carbocycles. The lowest BCUT2D eigenvalue weighted by Crippen LogP contribution is -2.36. The number of benzene rings is 1. The van der Waals surface area contributed by atoms with Gasteiger partial charge in [0.1, 0.15) is 5.75 Å². The van der Waals surface area contributed by atoms with E-state index in [1.807, 2.05) is 17.5 Å². The summed E-state index contributed by atoms with van der Waals surface area (Å²) in [5.41, 5.74) is 0. The second kappa shape index (κ2) is 8.18. The Morgan fingerprint density at radius 3 is 2.84 bits per heavy atom. The highest BCUT2D eigenvalue weighted by molar-refractivity contribution is 9.10. The van der Waals surface area contributed by atoms with E-state index in [2.05, 4.69) is 15.9 Å². The minimum Gasteiger partial charge on any atom is -0.496 e. The number of hydrogen-bond donors (Lipinski definition) is 0. The molecule has 25 heavy (non-hydrogen) atoms. The number of methoxy groups -OCH3 is 1. The number of halogens is 1. The van der Waals surface area contributed by atoms with Crippen LogP contribution in [0.3, 0.4) is 0 Å². The summed E-state index contributed by atoms with van der Waals surface area (Å²) in [6, 6.07) is 8.71. The van der Waals surface area contributed by atoms with E-state index in [0.717, 1.165) is 17.7 Å². The molecule has 0 spiro atoms. The molecule has 0 saturated carbocycles. The van der Waals surface area contributed by atoms with Crippen molar-refractivity contribution in [1.29, 1.82) is 0 Å². The van der Waals surface area contributed by atoms with E-state index in [9.17, 15) is 8.42 Å². The van der Waals surface area contributed by atoms with Crippen molar-refractivity contribution in [2.24, 2.45) is 0 Å². The first-order valence-electron chi connectivity index (χ1n) is 7.98. The predicted molar refractivity (Wildman–Crippen MR) is 102 cm³/mol. The van der Waals surface area contributed by atoms with Gasteiger partial charge in [-0.15, -0.1) is 11.3 Å². The van der Waals surface area contributed by atoms with Gasteiger partial charge in [-0.3, -0.25) is 0 Å². The van der Waals surface area contributed by atoms with Crippen LogP contribution in [0.5, 0.6) is 5.75 Å². The second-order valence-electron chi connectivity index (χ2n) is 5.81. The summed E-state index contributed by atoms with van der Waals surface area (Å²) in [6.45, 7) is 1.42. The minimum absolute atomic E-state index is 0.0450. The second-order valence-corrected chi connectivity index (χ2v) is 9.63. The van der Waals surface area contributed by atoms with Gasteiger partial charge in [-0.25, -0.2) is 8.42 Å². The Balaban J connectivity index is 1.90. The summed E-state index contributed by atoms with van der Waals surface area (Å²) >= 11 is 4.92. The Morgan fingerprint density at radius 1 is 1.40 bits per heavy atom. The van der Waals surface area contributed by atoms with Crippen LogP contribution in [0.4, 0.5) is 0 Å². The average molecular weight is 446 g/mol. The van der Waals surface area contributed by atoms with Crippen molar-refractivity contribution in [3.05, 3.63) is 45.1 Å². The highest BCUT2D eigenvalue weighted by Crippen LogP contribution is 2.30. The summed E-state index contributed by atoms with van der Waals surface area (Å²) in [6.07, 6.45) is 1.82. The molecule has 1 fully saturated rings. The smallest absolute Gasteiger partial charge is 0.243 e. The maximum atomic E-state index is 13.2. The SMILES string of the molecule is COc1ccc(S(=O)(=O)N(Cc2cccs2)CC2CCCO2)cc1Br. The van der Waals surface area contributed by atoms with Crippen LogP contribution in [-0.4, -0.2) is 39.1 Å². The van der Waals surface area contributed by atoms with Gasteiger partial charge in [0.25, 0.3) is 0 Å². The van der Waals surface area contributed by atoms with Crippen LogP contribution in [-0.2, 0) is 21.3 Å². The molecule has 2 aromatic rings. The fourth-order valence-corrected chi connectivity index (χ4v) is 5.77. The van der Waals surface area contributed by atoms with Crippen LogP contribution in [0.2, 0.25) is 0 Å². The van der Waals surface area contributed by atoms with Crippen molar-refractivity contribution < 1.29 is 17.9 Å². The topological polar surface area (TPSA) is 55.8 Å². The third-order valence-corrected chi connectivity index (χ3v) is 7.39. The summed E-state index contributed by atoms with van der Waals surface area (Å²) in [5, 5.41) is 1.95. The first-order chi connectivity index (χ1) is 12.0. The van der Waals surface area contributed by atoms with Crippen LogP contribution >= 0.6 is 27.3 Å². The molecule has 1 saturated heterocycles. The zero-order chi connectivity index (χ0) is 17.9. The monoisotopic (exact) mass is 445 g/mol. The van der Waals surface area contributed by atoms with E-state index in [1.165, 1.54) is 4.31 Å². The molecular weight excluding hydrogens is 426 g/mol. The Morgan fingerprint density at radius 2 is 2.24 bits per heavy atom. The molecule has 0 radical (unpaired) electrons. The summed E-state index contributed by atoms with van der Waals surface area (Å²) in [4.78, 5) is 1.25. The number of hydrogen-bond acceptors (Lipinski definition) is 5. The molecule has 2 heterocycles. The molecule has 136 valence electrons. The van der Waals surface area contributed by atoms with Gasteiger partial charge in [-0.2, -0.15) is 4.31 Å². The van der Waals surface area contributed by atoms with Gasteiger partial charge in [0.15, 0.2) is 0 Å². The third-order valence-electron chi connectivity index (χ3n) is 4.10. The standard InChI is InChI=1S/C17H20BrNO4S2/c1-22-17-7-6-15(10-16(17)18)25(20,21)19(11-13-4-2-8-23-13)12-14-5-3-9-24-14/h3,5-7,9-10,13H,2,4,8,11-12H2,1H3. The van der Waals surface area contributed by atoms with Crippen molar-refractivity contribution in [3.8, 4) is 5.75 Å². The Kier molecular flexibility index (Phi) is 6.17. The zero-order valence-corrected chi connectivity index (χ0v) is 17.1. The summed E-state index contributed by atoms with van der Waals surface area (Å²) < 4.78 is 39.4. The lowest BCUT2D eigenvalue weighted by molar-refractivity contribution is 0.0927. The molecule has 0 aliphatic carbocycles. The highest BCUT2D eigenvalue weighted by Gasteiger charge is 2.30. The summed E-state index contributed by atoms with van der Waals surface area (Å²) in [5.74, 6) is 0.600. The molecule has 1 atom stereocenters. The maximum Gasteiger partial charge on any atom is 0.243 e. The van der Waals surface area contributed by atoms with Gasteiger partial charge in [-0.05, 0) is 58.4 Å². The van der Waals surface area contributed by atoms with E-state index < -0.39 is 10.0 Å². The van der Waals surface area contributed by atoms with E-state index in [1.54, 1.807) is 36.6 Å². The predicted octanol–water partition coefficient (Wildman–Crippen LogP) is 3.89. The summed E-state index contributed by atoms with van der Waals surface area (Å²) in [7, 11) is -2.09. The molecule has 5 nitrogen and oxygen atoms in total. The van der Waals surface area contributed by atoms with Gasteiger partial charge in [0.2, 0.25) is 10.0 Å². The van der Waals surface area contributed by atoms with Crippen molar-refractivity contribution in [2.45, 2.75) is 30.4 Å². The number of ether oxygens (including phenoxy) is 2. The van der Waals surface area contributed by atoms with E-state index in [4.69, 9.17) is 9.47 Å². The molecular formula is C17H20BrNO4S2. The molecule has 1 aromatic heterocycles. The lowest BCUT2D eigenvalue weighted by Gasteiger charge is -2.24. The molecule has 8 heteroatoms. The van der Waals surface area contributed by atoms with Gasteiger partial charge in [0, 0.05) is 24.6 Å². The largest absolute Gasteiger partial charge is 0.496 e. The number of nitrogens with zero attached hydrogens (tertiary/aromatic N) is 1. The fraction of sp³-hybridized carbons (Fsp3) is 0.412. The van der Waals surface area contributed by atoms with Crippen molar-refractivity contribution in [1.82, 2.24) is 4.31 Å². The Bertz CT molecular complexity index is 802. The Hall–Kier alpha value is -0.930. The number of sulfonamides is 1. The first kappa shape index (κ1) is 18.8. The van der Waals surface area contributed by atoms with Gasteiger partial charge in [-0.1, -0.05) is 6.07 Å².